The van der Waals surface area contributed by atoms with Crippen LogP contribution in [0.2, 0.25) is 0 Å². The van der Waals surface area contributed by atoms with Crippen LogP contribution in [-0.4, -0.2) is 47.8 Å². The fraction of sp³-hybridized carbons (Fsp3) is 0.240. The second-order valence-corrected chi connectivity index (χ2v) is 8.32. The van der Waals surface area contributed by atoms with Crippen LogP contribution >= 0.6 is 11.8 Å². The Labute approximate surface area is 186 Å². The van der Waals surface area contributed by atoms with E-state index in [2.05, 4.69) is 6.07 Å². The first kappa shape index (κ1) is 21.1. The van der Waals surface area contributed by atoms with Crippen molar-refractivity contribution < 1.29 is 9.53 Å². The van der Waals surface area contributed by atoms with E-state index >= 15 is 0 Å². The van der Waals surface area contributed by atoms with Crippen molar-refractivity contribution in [2.75, 3.05) is 32.1 Å². The molecule has 0 aliphatic carbocycles. The highest BCUT2D eigenvalue weighted by atomic mass is 32.2. The number of aromatic nitrogens is 1. The SMILES string of the molecule is Cc1ccc(-c2cc(-c3ccccc3)nc(SCC(=O)N3CCOCC3)c2C#N)cc1. The van der Waals surface area contributed by atoms with Gasteiger partial charge in [0.1, 0.15) is 11.1 Å². The molecule has 0 unspecified atom stereocenters. The number of thioether (sulfide) groups is 1. The van der Waals surface area contributed by atoms with Crippen molar-refractivity contribution in [2.24, 2.45) is 0 Å². The molecule has 31 heavy (non-hydrogen) atoms. The highest BCUT2D eigenvalue weighted by Gasteiger charge is 2.20. The highest BCUT2D eigenvalue weighted by Crippen LogP contribution is 2.34. The molecule has 2 heterocycles. The largest absolute Gasteiger partial charge is 0.378 e. The molecular formula is C25H23N3O2S. The van der Waals surface area contributed by atoms with E-state index in [1.165, 1.54) is 11.8 Å². The van der Waals surface area contributed by atoms with E-state index in [0.717, 1.165) is 27.9 Å². The Bertz CT molecular complexity index is 1100. The summed E-state index contributed by atoms with van der Waals surface area (Å²) in [5.41, 5.74) is 5.22. The zero-order valence-corrected chi connectivity index (χ0v) is 18.2. The number of carbonyl (C=O) groups excluding carboxylic acids is 1. The van der Waals surface area contributed by atoms with Gasteiger partial charge in [0.05, 0.1) is 30.2 Å². The van der Waals surface area contributed by atoms with E-state index in [4.69, 9.17) is 9.72 Å². The number of ether oxygens (including phenoxy) is 1. The third-order valence-corrected chi connectivity index (χ3v) is 6.19. The van der Waals surface area contributed by atoms with Gasteiger partial charge in [0.2, 0.25) is 5.91 Å². The second-order valence-electron chi connectivity index (χ2n) is 7.36. The van der Waals surface area contributed by atoms with Crippen LogP contribution in [0.1, 0.15) is 11.1 Å². The Morgan fingerprint density at radius 3 is 2.48 bits per heavy atom. The number of rotatable bonds is 5. The first-order valence-electron chi connectivity index (χ1n) is 10.2. The van der Waals surface area contributed by atoms with E-state index in [-0.39, 0.29) is 11.7 Å². The van der Waals surface area contributed by atoms with Crippen molar-refractivity contribution >= 4 is 17.7 Å². The Kier molecular flexibility index (Phi) is 6.66. The number of nitrogens with zero attached hydrogens (tertiary/aromatic N) is 3. The predicted octanol–water partition coefficient (Wildman–Crippen LogP) is 4.55. The maximum atomic E-state index is 12.7. The number of hydrogen-bond acceptors (Lipinski definition) is 5. The maximum absolute atomic E-state index is 12.7. The molecule has 0 atom stereocenters. The molecule has 0 spiro atoms. The molecule has 2 aromatic carbocycles. The van der Waals surface area contributed by atoms with Crippen molar-refractivity contribution in [3.05, 3.63) is 71.8 Å². The van der Waals surface area contributed by atoms with Gasteiger partial charge in [-0.3, -0.25) is 4.79 Å². The molecule has 1 aliphatic rings. The summed E-state index contributed by atoms with van der Waals surface area (Å²) in [4.78, 5) is 19.2. The first-order valence-corrected chi connectivity index (χ1v) is 11.2. The van der Waals surface area contributed by atoms with Crippen LogP contribution in [0.5, 0.6) is 0 Å². The quantitative estimate of drug-likeness (QED) is 0.557. The van der Waals surface area contributed by atoms with Crippen LogP contribution in [0.25, 0.3) is 22.4 Å². The van der Waals surface area contributed by atoms with Crippen LogP contribution < -0.4 is 0 Å². The number of aryl methyl sites for hydroxylation is 1. The third-order valence-electron chi connectivity index (χ3n) is 5.23. The van der Waals surface area contributed by atoms with Gasteiger partial charge in [0.15, 0.2) is 0 Å². The van der Waals surface area contributed by atoms with Crippen molar-refractivity contribution in [2.45, 2.75) is 11.9 Å². The smallest absolute Gasteiger partial charge is 0.233 e. The lowest BCUT2D eigenvalue weighted by Gasteiger charge is -2.26. The van der Waals surface area contributed by atoms with Crippen LogP contribution in [0.3, 0.4) is 0 Å². The molecule has 3 aromatic rings. The van der Waals surface area contributed by atoms with Crippen molar-refractivity contribution in [1.29, 1.82) is 5.26 Å². The Morgan fingerprint density at radius 2 is 1.81 bits per heavy atom. The number of hydrogen-bond donors (Lipinski definition) is 0. The van der Waals surface area contributed by atoms with E-state index in [1.807, 2.05) is 72.5 Å². The molecule has 4 rings (SSSR count). The zero-order chi connectivity index (χ0) is 21.6. The topological polar surface area (TPSA) is 66.2 Å². The van der Waals surface area contributed by atoms with Crippen molar-refractivity contribution in [3.63, 3.8) is 0 Å². The van der Waals surface area contributed by atoms with Gasteiger partial charge in [-0.15, -0.1) is 0 Å². The van der Waals surface area contributed by atoms with E-state index in [9.17, 15) is 10.1 Å². The molecule has 0 saturated carbocycles. The van der Waals surface area contributed by atoms with Gasteiger partial charge in [0.25, 0.3) is 0 Å². The summed E-state index contributed by atoms with van der Waals surface area (Å²) in [6.45, 7) is 4.39. The molecule has 6 heteroatoms. The molecule has 1 aromatic heterocycles. The van der Waals surface area contributed by atoms with Gasteiger partial charge in [-0.05, 0) is 18.6 Å². The molecule has 1 saturated heterocycles. The van der Waals surface area contributed by atoms with Crippen LogP contribution in [0, 0.1) is 18.3 Å². The Balaban J connectivity index is 1.72. The number of amides is 1. The van der Waals surface area contributed by atoms with Gasteiger partial charge >= 0.3 is 0 Å². The first-order chi connectivity index (χ1) is 15.2. The second kappa shape index (κ2) is 9.78. The average molecular weight is 430 g/mol. The Morgan fingerprint density at radius 1 is 1.10 bits per heavy atom. The molecular weight excluding hydrogens is 406 g/mol. The molecule has 0 radical (unpaired) electrons. The van der Waals surface area contributed by atoms with Gasteiger partial charge < -0.3 is 9.64 Å². The minimum atomic E-state index is 0.0426. The fourth-order valence-corrected chi connectivity index (χ4v) is 4.39. The van der Waals surface area contributed by atoms with Crippen LogP contribution in [0.15, 0.2) is 65.7 Å². The number of morpholine rings is 1. The van der Waals surface area contributed by atoms with Gasteiger partial charge in [-0.2, -0.15) is 5.26 Å². The van der Waals surface area contributed by atoms with E-state index in [0.29, 0.717) is 36.9 Å². The molecule has 0 bridgehead atoms. The molecule has 5 nitrogen and oxygen atoms in total. The summed E-state index contributed by atoms with van der Waals surface area (Å²) < 4.78 is 5.33. The number of benzene rings is 2. The minimum Gasteiger partial charge on any atom is -0.378 e. The van der Waals surface area contributed by atoms with Crippen LogP contribution in [0.4, 0.5) is 0 Å². The van der Waals surface area contributed by atoms with Gasteiger partial charge in [0, 0.05) is 24.2 Å². The minimum absolute atomic E-state index is 0.0426. The summed E-state index contributed by atoms with van der Waals surface area (Å²) >= 11 is 1.33. The lowest BCUT2D eigenvalue weighted by Crippen LogP contribution is -2.41. The average Bonchev–Trinajstić information content (AvgIpc) is 2.83. The number of nitriles is 1. The van der Waals surface area contributed by atoms with Crippen molar-refractivity contribution in [3.8, 4) is 28.5 Å². The fourth-order valence-electron chi connectivity index (χ4n) is 3.49. The lowest BCUT2D eigenvalue weighted by molar-refractivity contribution is -0.132. The van der Waals surface area contributed by atoms with Gasteiger partial charge in [-0.25, -0.2) is 4.98 Å². The van der Waals surface area contributed by atoms with E-state index in [1.54, 1.807) is 0 Å². The molecule has 156 valence electrons. The Hall–Kier alpha value is -3.14. The highest BCUT2D eigenvalue weighted by molar-refractivity contribution is 8.00. The summed E-state index contributed by atoms with van der Waals surface area (Å²) in [7, 11) is 0. The summed E-state index contributed by atoms with van der Waals surface area (Å²) in [6, 6.07) is 22.3. The third kappa shape index (κ3) is 4.96. The number of pyridine rings is 1. The number of carbonyl (C=O) groups is 1. The normalized spacial score (nSPS) is 13.6. The summed E-state index contributed by atoms with van der Waals surface area (Å²) in [5, 5.41) is 10.6. The zero-order valence-electron chi connectivity index (χ0n) is 17.4. The maximum Gasteiger partial charge on any atom is 0.233 e. The molecule has 1 fully saturated rings. The summed E-state index contributed by atoms with van der Waals surface area (Å²) in [5.74, 6) is 0.286. The monoisotopic (exact) mass is 429 g/mol. The standard InChI is InChI=1S/C25H23N3O2S/c1-18-7-9-19(10-8-18)21-15-23(20-5-3-2-4-6-20)27-25(22(21)16-26)31-17-24(29)28-11-13-30-14-12-28/h2-10,15H,11-14,17H2,1H3. The summed E-state index contributed by atoms with van der Waals surface area (Å²) in [6.07, 6.45) is 0. The van der Waals surface area contributed by atoms with Crippen LogP contribution in [-0.2, 0) is 9.53 Å². The van der Waals surface area contributed by atoms with Gasteiger partial charge in [-0.1, -0.05) is 71.9 Å². The lowest BCUT2D eigenvalue weighted by atomic mass is 9.98. The molecule has 1 aliphatic heterocycles. The molecule has 1 amide bonds. The predicted molar refractivity (Wildman–Crippen MR) is 123 cm³/mol. The van der Waals surface area contributed by atoms with E-state index < -0.39 is 0 Å². The van der Waals surface area contributed by atoms with Crippen molar-refractivity contribution in [1.82, 2.24) is 9.88 Å². The molecule has 0 N–H and O–H groups in total.